The maximum Gasteiger partial charge on any atom is 0.352 e. The molecule has 2 aromatic heterocycles. The molecule has 0 atom stereocenters. The third-order valence-electron chi connectivity index (χ3n) is 4.48. The molecule has 0 radical (unpaired) electrons. The van der Waals surface area contributed by atoms with Gasteiger partial charge in [0.2, 0.25) is 11.8 Å². The Labute approximate surface area is 174 Å². The van der Waals surface area contributed by atoms with Gasteiger partial charge in [-0.2, -0.15) is 0 Å². The van der Waals surface area contributed by atoms with E-state index in [-0.39, 0.29) is 6.61 Å². The quantitative estimate of drug-likeness (QED) is 0.365. The number of hydrazine groups is 2. The molecule has 2 heterocycles. The predicted molar refractivity (Wildman–Crippen MR) is 114 cm³/mol. The van der Waals surface area contributed by atoms with Gasteiger partial charge < -0.3 is 9.47 Å². The molecule has 156 valence electrons. The van der Waals surface area contributed by atoms with Crippen molar-refractivity contribution in [3.8, 4) is 23.0 Å². The highest BCUT2D eigenvalue weighted by Crippen LogP contribution is 2.28. The van der Waals surface area contributed by atoms with Crippen LogP contribution < -0.4 is 26.2 Å². The first-order chi connectivity index (χ1) is 14.4. The lowest BCUT2D eigenvalue weighted by atomic mass is 10.1. The van der Waals surface area contributed by atoms with Crippen molar-refractivity contribution in [1.82, 2.24) is 15.0 Å². The topological polar surface area (TPSA) is 120 Å². The molecule has 0 saturated carbocycles. The minimum atomic E-state index is -0.550. The molecule has 0 aliphatic heterocycles. The number of hydrogen-bond donors (Lipinski definition) is 2. The Kier molecular flexibility index (Phi) is 6.45. The molecule has 4 N–H and O–H groups in total. The number of nitrogens with two attached hydrogens (primary N) is 2. The first-order valence-electron chi connectivity index (χ1n) is 9.17. The average molecular weight is 408 g/mol. The van der Waals surface area contributed by atoms with Crippen molar-refractivity contribution in [2.45, 2.75) is 13.5 Å². The number of urea groups is 1. The van der Waals surface area contributed by atoms with Crippen molar-refractivity contribution in [2.75, 3.05) is 19.2 Å². The van der Waals surface area contributed by atoms with Gasteiger partial charge in [0.15, 0.2) is 0 Å². The van der Waals surface area contributed by atoms with E-state index in [4.69, 9.17) is 21.2 Å². The Bertz CT molecular complexity index is 1040. The molecule has 0 spiro atoms. The molecule has 3 rings (SSSR count). The summed E-state index contributed by atoms with van der Waals surface area (Å²) in [6.07, 6.45) is 1.65. The summed E-state index contributed by atoms with van der Waals surface area (Å²) >= 11 is 0. The van der Waals surface area contributed by atoms with Gasteiger partial charge in [-0.05, 0) is 36.8 Å². The first-order valence-corrected chi connectivity index (χ1v) is 9.17. The number of anilines is 1. The number of aryl methyl sites for hydroxylation is 1. The number of ether oxygens (including phenoxy) is 2. The number of aromatic nitrogens is 2. The number of pyridine rings is 2. The van der Waals surface area contributed by atoms with Crippen molar-refractivity contribution in [2.24, 2.45) is 11.7 Å². The highest BCUT2D eigenvalue weighted by atomic mass is 16.5. The minimum Gasteiger partial charge on any atom is -0.481 e. The van der Waals surface area contributed by atoms with Crippen LogP contribution in [0.25, 0.3) is 11.3 Å². The highest BCUT2D eigenvalue weighted by molar-refractivity contribution is 5.91. The molecule has 3 aromatic rings. The molecule has 30 heavy (non-hydrogen) atoms. The maximum atomic E-state index is 12.2. The van der Waals surface area contributed by atoms with E-state index in [1.165, 1.54) is 7.05 Å². The standard InChI is InChI=1S/C21H24N6O3/c1-14-7-4-10-18(27(23)21(28)26(2)22)16(14)13-30-19-11-5-9-17(25-19)15-8-6-12-24-20(15)29-3/h4-12H,13,22-23H2,1-3H3. The second kappa shape index (κ2) is 9.21. The molecular weight excluding hydrogens is 384 g/mol. The van der Waals surface area contributed by atoms with Crippen LogP contribution in [0.15, 0.2) is 54.7 Å². The van der Waals surface area contributed by atoms with Crippen molar-refractivity contribution >= 4 is 11.7 Å². The van der Waals surface area contributed by atoms with Crippen LogP contribution in [-0.2, 0) is 6.61 Å². The normalized spacial score (nSPS) is 10.4. The largest absolute Gasteiger partial charge is 0.481 e. The Morgan fingerprint density at radius 2 is 1.87 bits per heavy atom. The third kappa shape index (κ3) is 4.48. The zero-order valence-corrected chi connectivity index (χ0v) is 17.1. The number of nitrogens with zero attached hydrogens (tertiary/aromatic N) is 4. The molecule has 0 unspecified atom stereocenters. The molecule has 0 fully saturated rings. The van der Waals surface area contributed by atoms with E-state index in [2.05, 4.69) is 9.97 Å². The van der Waals surface area contributed by atoms with Gasteiger partial charge in [0.05, 0.1) is 24.1 Å². The molecular formula is C21H24N6O3. The zero-order valence-electron chi connectivity index (χ0n) is 17.1. The van der Waals surface area contributed by atoms with Crippen molar-refractivity contribution in [3.05, 3.63) is 65.9 Å². The van der Waals surface area contributed by atoms with Gasteiger partial charge in [-0.1, -0.05) is 18.2 Å². The molecule has 9 nitrogen and oxygen atoms in total. The lowest BCUT2D eigenvalue weighted by Gasteiger charge is -2.24. The van der Waals surface area contributed by atoms with Gasteiger partial charge in [-0.15, -0.1) is 0 Å². The van der Waals surface area contributed by atoms with Crippen LogP contribution in [0.1, 0.15) is 11.1 Å². The lowest BCUT2D eigenvalue weighted by molar-refractivity contribution is 0.216. The summed E-state index contributed by atoms with van der Waals surface area (Å²) in [4.78, 5) is 20.9. The van der Waals surface area contributed by atoms with Crippen LogP contribution in [-0.4, -0.2) is 35.2 Å². The van der Waals surface area contributed by atoms with Gasteiger partial charge in [-0.3, -0.25) is 5.01 Å². The Hall–Kier alpha value is -3.69. The number of benzene rings is 1. The van der Waals surface area contributed by atoms with E-state index in [0.717, 1.165) is 26.7 Å². The summed E-state index contributed by atoms with van der Waals surface area (Å²) in [5, 5.41) is 1.91. The van der Waals surface area contributed by atoms with Crippen LogP contribution in [0.3, 0.4) is 0 Å². The van der Waals surface area contributed by atoms with E-state index in [1.54, 1.807) is 25.4 Å². The number of hydrogen-bond acceptors (Lipinski definition) is 7. The summed E-state index contributed by atoms with van der Waals surface area (Å²) in [5.41, 5.74) is 3.60. The number of carbonyl (C=O) groups excluding carboxylic acids is 1. The van der Waals surface area contributed by atoms with Crippen LogP contribution in [0, 0.1) is 6.92 Å². The lowest BCUT2D eigenvalue weighted by Crippen LogP contribution is -2.49. The monoisotopic (exact) mass is 408 g/mol. The fourth-order valence-electron chi connectivity index (χ4n) is 2.91. The minimum absolute atomic E-state index is 0.165. The summed E-state index contributed by atoms with van der Waals surface area (Å²) in [6, 6.07) is 14.0. The van der Waals surface area contributed by atoms with Crippen molar-refractivity contribution < 1.29 is 14.3 Å². The van der Waals surface area contributed by atoms with E-state index in [9.17, 15) is 4.79 Å². The molecule has 1 aromatic carbocycles. The van der Waals surface area contributed by atoms with Crippen molar-refractivity contribution in [3.63, 3.8) is 0 Å². The second-order valence-corrected chi connectivity index (χ2v) is 6.55. The van der Waals surface area contributed by atoms with Gasteiger partial charge in [0.1, 0.15) is 6.61 Å². The Balaban J connectivity index is 1.86. The molecule has 0 saturated heterocycles. The van der Waals surface area contributed by atoms with Gasteiger partial charge in [0.25, 0.3) is 0 Å². The number of amides is 2. The second-order valence-electron chi connectivity index (χ2n) is 6.55. The van der Waals surface area contributed by atoms with E-state index >= 15 is 0 Å². The maximum absolute atomic E-state index is 12.2. The van der Waals surface area contributed by atoms with Crippen molar-refractivity contribution in [1.29, 1.82) is 0 Å². The zero-order chi connectivity index (χ0) is 21.7. The van der Waals surface area contributed by atoms with Crippen LogP contribution >= 0.6 is 0 Å². The van der Waals surface area contributed by atoms with Gasteiger partial charge in [0, 0.05) is 24.9 Å². The van der Waals surface area contributed by atoms with E-state index < -0.39 is 6.03 Å². The van der Waals surface area contributed by atoms with E-state index in [0.29, 0.717) is 23.1 Å². The smallest absolute Gasteiger partial charge is 0.352 e. The SMILES string of the molecule is COc1ncccc1-c1cccc(OCc2c(C)cccc2N(N)C(=O)N(C)N)n1. The molecule has 0 aliphatic rings. The van der Waals surface area contributed by atoms with Crippen LogP contribution in [0.2, 0.25) is 0 Å². The third-order valence-corrected chi connectivity index (χ3v) is 4.48. The fraction of sp³-hybridized carbons (Fsp3) is 0.190. The number of carbonyl (C=O) groups is 1. The van der Waals surface area contributed by atoms with Gasteiger partial charge in [-0.25, -0.2) is 31.5 Å². The summed E-state index contributed by atoms with van der Waals surface area (Å²) in [5.74, 6) is 12.4. The molecule has 9 heteroatoms. The van der Waals surface area contributed by atoms with E-state index in [1.807, 2.05) is 43.3 Å². The number of methoxy groups -OCH3 is 1. The molecule has 0 bridgehead atoms. The Morgan fingerprint density at radius 1 is 1.10 bits per heavy atom. The summed E-state index contributed by atoms with van der Waals surface area (Å²) < 4.78 is 11.2. The number of rotatable bonds is 6. The fourth-order valence-corrected chi connectivity index (χ4v) is 2.91. The van der Waals surface area contributed by atoms with Crippen LogP contribution in [0.5, 0.6) is 11.8 Å². The highest BCUT2D eigenvalue weighted by Gasteiger charge is 2.19. The Morgan fingerprint density at radius 3 is 2.60 bits per heavy atom. The first kappa shape index (κ1) is 21.0. The van der Waals surface area contributed by atoms with Gasteiger partial charge >= 0.3 is 6.03 Å². The summed E-state index contributed by atoms with van der Waals surface area (Å²) in [7, 11) is 2.99. The predicted octanol–water partition coefficient (Wildman–Crippen LogP) is 2.65. The van der Waals surface area contributed by atoms with Crippen LogP contribution in [0.4, 0.5) is 10.5 Å². The average Bonchev–Trinajstić information content (AvgIpc) is 2.77. The summed E-state index contributed by atoms with van der Waals surface area (Å²) in [6.45, 7) is 2.08. The molecule has 2 amide bonds. The molecule has 0 aliphatic carbocycles.